The minimum absolute atomic E-state index is 0.587. The molecule has 0 aliphatic heterocycles. The van der Waals surface area contributed by atoms with Crippen molar-refractivity contribution in [3.8, 4) is 0 Å². The van der Waals surface area contributed by atoms with Gasteiger partial charge in [0, 0.05) is 0 Å². The van der Waals surface area contributed by atoms with Gasteiger partial charge in [-0.15, -0.1) is 0 Å². The fourth-order valence-corrected chi connectivity index (χ4v) is 1.07. The lowest BCUT2D eigenvalue weighted by molar-refractivity contribution is -0.160. The van der Waals surface area contributed by atoms with Gasteiger partial charge in [-0.2, -0.15) is 0 Å². The Morgan fingerprint density at radius 1 is 1.38 bits per heavy atom. The van der Waals surface area contributed by atoms with E-state index in [0.717, 1.165) is 6.42 Å². The van der Waals surface area contributed by atoms with Crippen LogP contribution in [0.4, 0.5) is 0 Å². The minimum atomic E-state index is 0.587. The molecule has 0 saturated carbocycles. The van der Waals surface area contributed by atoms with Gasteiger partial charge in [-0.25, -0.2) is 5.06 Å². The zero-order valence-electron chi connectivity index (χ0n) is 7.64. The summed E-state index contributed by atoms with van der Waals surface area (Å²) in [6.07, 6.45) is 1.50. The summed E-state index contributed by atoms with van der Waals surface area (Å²) < 4.78 is 0. The molecule has 1 aromatic rings. The number of hydrogen-bond acceptors (Lipinski definition) is 2. The van der Waals surface area contributed by atoms with Gasteiger partial charge in [0.15, 0.2) is 0 Å². The third-order valence-corrected chi connectivity index (χ3v) is 1.82. The zero-order valence-corrected chi connectivity index (χ0v) is 7.64. The summed E-state index contributed by atoms with van der Waals surface area (Å²) in [5, 5.41) is 1.27. The molecule has 3 nitrogen and oxygen atoms in total. The number of carbonyl (C=O) groups is 1. The summed E-state index contributed by atoms with van der Waals surface area (Å²) >= 11 is 0. The molecule has 1 aromatic carbocycles. The van der Waals surface area contributed by atoms with Gasteiger partial charge in [-0.3, -0.25) is 9.63 Å². The molecule has 0 atom stereocenters. The van der Waals surface area contributed by atoms with E-state index in [1.165, 1.54) is 17.7 Å². The van der Waals surface area contributed by atoms with E-state index in [9.17, 15) is 4.79 Å². The van der Waals surface area contributed by atoms with Crippen molar-refractivity contribution in [1.82, 2.24) is 5.06 Å². The zero-order chi connectivity index (χ0) is 9.52. The molecule has 0 N–H and O–H groups in total. The van der Waals surface area contributed by atoms with Crippen LogP contribution in [-0.2, 0) is 16.1 Å². The second kappa shape index (κ2) is 5.32. The molecule has 0 heterocycles. The second-order valence-corrected chi connectivity index (χ2v) is 2.66. The monoisotopic (exact) mass is 179 g/mol. The lowest BCUT2D eigenvalue weighted by atomic mass is 10.1. The normalized spacial score (nSPS) is 9.62. The van der Waals surface area contributed by atoms with Crippen LogP contribution >= 0.6 is 0 Å². The molecule has 0 saturated heterocycles. The third-order valence-electron chi connectivity index (χ3n) is 1.82. The summed E-state index contributed by atoms with van der Waals surface area (Å²) in [7, 11) is 1.49. The minimum Gasteiger partial charge on any atom is -0.276 e. The van der Waals surface area contributed by atoms with Gasteiger partial charge in [0.25, 0.3) is 0 Å². The van der Waals surface area contributed by atoms with Gasteiger partial charge < -0.3 is 0 Å². The highest BCUT2D eigenvalue weighted by Crippen LogP contribution is 2.00. The molecule has 0 aliphatic carbocycles. The van der Waals surface area contributed by atoms with E-state index in [1.807, 2.05) is 30.3 Å². The van der Waals surface area contributed by atoms with Gasteiger partial charge in [0.05, 0.1) is 13.7 Å². The van der Waals surface area contributed by atoms with Gasteiger partial charge >= 0.3 is 0 Å². The first kappa shape index (κ1) is 9.74. The maximum absolute atomic E-state index is 10.4. The van der Waals surface area contributed by atoms with Crippen LogP contribution in [0.2, 0.25) is 0 Å². The summed E-state index contributed by atoms with van der Waals surface area (Å²) in [4.78, 5) is 15.1. The van der Waals surface area contributed by atoms with Gasteiger partial charge in [-0.05, 0) is 12.0 Å². The molecule has 3 heteroatoms. The lowest BCUT2D eigenvalue weighted by Gasteiger charge is -2.12. The van der Waals surface area contributed by atoms with Crippen molar-refractivity contribution in [2.24, 2.45) is 0 Å². The Balaban J connectivity index is 2.38. The van der Waals surface area contributed by atoms with Crippen molar-refractivity contribution in [2.45, 2.75) is 6.42 Å². The molecule has 70 valence electrons. The number of rotatable bonds is 5. The van der Waals surface area contributed by atoms with Gasteiger partial charge in [0.1, 0.15) is 0 Å². The van der Waals surface area contributed by atoms with E-state index >= 15 is 0 Å². The van der Waals surface area contributed by atoms with Crippen LogP contribution in [-0.4, -0.2) is 25.1 Å². The standard InChI is InChI=1S/C10H13NO2/c1-13-11(9-12)8-7-10-5-3-2-4-6-10/h2-6,9H,7-8H2,1H3. The van der Waals surface area contributed by atoms with Crippen LogP contribution in [0.15, 0.2) is 30.3 Å². The summed E-state index contributed by atoms with van der Waals surface area (Å²) in [5.41, 5.74) is 1.20. The Labute approximate surface area is 77.9 Å². The molecule has 0 aliphatic rings. The Hall–Kier alpha value is -1.35. The molecule has 1 rings (SSSR count). The second-order valence-electron chi connectivity index (χ2n) is 2.66. The summed E-state index contributed by atoms with van der Waals surface area (Å²) in [6.45, 7) is 0.587. The highest BCUT2D eigenvalue weighted by Gasteiger charge is 1.98. The predicted molar refractivity (Wildman–Crippen MR) is 49.9 cm³/mol. The molecule has 0 aromatic heterocycles. The molecule has 0 spiro atoms. The number of hydrogen-bond donors (Lipinski definition) is 0. The average Bonchev–Trinajstić information content (AvgIpc) is 2.21. The van der Waals surface area contributed by atoms with Gasteiger partial charge in [-0.1, -0.05) is 30.3 Å². The fourth-order valence-electron chi connectivity index (χ4n) is 1.07. The van der Waals surface area contributed by atoms with E-state index < -0.39 is 0 Å². The average molecular weight is 179 g/mol. The van der Waals surface area contributed by atoms with Crippen LogP contribution in [0.1, 0.15) is 5.56 Å². The molecule has 13 heavy (non-hydrogen) atoms. The first-order valence-electron chi connectivity index (χ1n) is 4.17. The highest BCUT2D eigenvalue weighted by atomic mass is 16.7. The number of amides is 1. The number of carbonyl (C=O) groups excluding carboxylic acids is 1. The Morgan fingerprint density at radius 2 is 2.08 bits per heavy atom. The number of nitrogens with zero attached hydrogens (tertiary/aromatic N) is 1. The Kier molecular flexibility index (Phi) is 3.99. The van der Waals surface area contributed by atoms with Crippen LogP contribution in [0.5, 0.6) is 0 Å². The van der Waals surface area contributed by atoms with Crippen molar-refractivity contribution < 1.29 is 9.63 Å². The highest BCUT2D eigenvalue weighted by molar-refractivity contribution is 5.45. The van der Waals surface area contributed by atoms with Crippen molar-refractivity contribution >= 4 is 6.41 Å². The largest absolute Gasteiger partial charge is 0.276 e. The smallest absolute Gasteiger partial charge is 0.233 e. The Bertz CT molecular complexity index is 248. The predicted octanol–water partition coefficient (Wildman–Crippen LogP) is 1.25. The maximum Gasteiger partial charge on any atom is 0.233 e. The van der Waals surface area contributed by atoms with Crippen molar-refractivity contribution in [2.75, 3.05) is 13.7 Å². The first-order valence-corrected chi connectivity index (χ1v) is 4.17. The van der Waals surface area contributed by atoms with Gasteiger partial charge in [0.2, 0.25) is 6.41 Å². The molecule has 1 amide bonds. The van der Waals surface area contributed by atoms with E-state index in [4.69, 9.17) is 4.84 Å². The van der Waals surface area contributed by atoms with Crippen LogP contribution in [0.25, 0.3) is 0 Å². The topological polar surface area (TPSA) is 29.5 Å². The molecular formula is C10H13NO2. The SMILES string of the molecule is CON(C=O)CCc1ccccc1. The lowest BCUT2D eigenvalue weighted by Crippen LogP contribution is -2.22. The molecule has 0 fully saturated rings. The quantitative estimate of drug-likeness (QED) is 0.503. The molecule has 0 unspecified atom stereocenters. The van der Waals surface area contributed by atoms with E-state index in [0.29, 0.717) is 13.0 Å². The summed E-state index contributed by atoms with van der Waals surface area (Å²) in [5.74, 6) is 0. The van der Waals surface area contributed by atoms with Crippen molar-refractivity contribution in [3.63, 3.8) is 0 Å². The van der Waals surface area contributed by atoms with Crippen LogP contribution < -0.4 is 0 Å². The van der Waals surface area contributed by atoms with E-state index in [-0.39, 0.29) is 0 Å². The maximum atomic E-state index is 10.4. The first-order chi connectivity index (χ1) is 6.36. The van der Waals surface area contributed by atoms with E-state index in [1.54, 1.807) is 0 Å². The number of benzene rings is 1. The molecule has 0 bridgehead atoms. The third kappa shape index (κ3) is 3.25. The fraction of sp³-hybridized carbons (Fsp3) is 0.300. The summed E-state index contributed by atoms with van der Waals surface area (Å²) in [6, 6.07) is 9.98. The van der Waals surface area contributed by atoms with Crippen LogP contribution in [0.3, 0.4) is 0 Å². The molecular weight excluding hydrogens is 166 g/mol. The van der Waals surface area contributed by atoms with Crippen molar-refractivity contribution in [3.05, 3.63) is 35.9 Å². The van der Waals surface area contributed by atoms with E-state index in [2.05, 4.69) is 0 Å². The van der Waals surface area contributed by atoms with Crippen molar-refractivity contribution in [1.29, 1.82) is 0 Å². The number of hydroxylamine groups is 2. The van der Waals surface area contributed by atoms with Crippen LogP contribution in [0, 0.1) is 0 Å². The molecule has 0 radical (unpaired) electrons. The Morgan fingerprint density at radius 3 is 2.62 bits per heavy atom.